The summed E-state index contributed by atoms with van der Waals surface area (Å²) in [5.41, 5.74) is 3.25. The zero-order valence-corrected chi connectivity index (χ0v) is 29.2. The van der Waals surface area contributed by atoms with Gasteiger partial charge in [-0.05, 0) is 55.0 Å². The fraction of sp³-hybridized carbons (Fsp3) is 0.135. The van der Waals surface area contributed by atoms with E-state index < -0.39 is 0 Å². The molecule has 0 radical (unpaired) electrons. The molecule has 0 aliphatic rings. The molecule has 14 heteroatoms. The highest BCUT2D eigenvalue weighted by molar-refractivity contribution is 8.00. The van der Waals surface area contributed by atoms with Crippen molar-refractivity contribution in [3.63, 3.8) is 0 Å². The lowest BCUT2D eigenvalue weighted by atomic mass is 10.2. The van der Waals surface area contributed by atoms with Crippen LogP contribution >= 0.6 is 23.5 Å². The van der Waals surface area contributed by atoms with Gasteiger partial charge >= 0.3 is 0 Å². The Balaban J connectivity index is 1.17. The van der Waals surface area contributed by atoms with Gasteiger partial charge in [0.25, 0.3) is 0 Å². The Labute approximate surface area is 304 Å². The molecule has 256 valence electrons. The maximum atomic E-state index is 5.82. The largest absolute Gasteiger partial charge is 0.489 e. The molecule has 0 aliphatic carbocycles. The van der Waals surface area contributed by atoms with Crippen LogP contribution in [0.5, 0.6) is 11.5 Å². The number of ether oxygens (including phenoxy) is 2. The van der Waals surface area contributed by atoms with Crippen molar-refractivity contribution in [1.82, 2.24) is 39.7 Å². The summed E-state index contributed by atoms with van der Waals surface area (Å²) in [5, 5.41) is 28.8. The van der Waals surface area contributed by atoms with E-state index in [1.807, 2.05) is 72.8 Å². The molecule has 0 fully saturated rings. The van der Waals surface area contributed by atoms with E-state index in [2.05, 4.69) is 43.5 Å². The maximum Gasteiger partial charge on any atom is 0.212 e. The van der Waals surface area contributed by atoms with Gasteiger partial charge < -0.3 is 9.47 Å². The van der Waals surface area contributed by atoms with E-state index in [-0.39, 0.29) is 0 Å². The average molecular weight is 715 g/mol. The second kappa shape index (κ2) is 18.2. The van der Waals surface area contributed by atoms with Gasteiger partial charge in [-0.15, -0.1) is 20.4 Å². The van der Waals surface area contributed by atoms with E-state index in [9.17, 15) is 0 Å². The molecule has 12 nitrogen and oxygen atoms in total. The SMILES string of the molecule is C=CCOc1ccccc1/C=N\n1c(SCCCSc2nnc(-c3cccnc3)n2/N=C\c2ccccc2OCC=C)nnc1-c1cccnc1. The lowest BCUT2D eigenvalue weighted by Gasteiger charge is -2.08. The number of benzene rings is 2. The van der Waals surface area contributed by atoms with Crippen molar-refractivity contribution in [2.75, 3.05) is 24.7 Å². The molecule has 0 amide bonds. The number of aromatic nitrogens is 8. The third-order valence-electron chi connectivity index (χ3n) is 6.99. The first-order chi connectivity index (χ1) is 25.2. The van der Waals surface area contributed by atoms with Gasteiger partial charge in [0.05, 0.1) is 12.4 Å². The van der Waals surface area contributed by atoms with Crippen molar-refractivity contribution in [2.24, 2.45) is 10.2 Å². The number of nitrogens with zero attached hydrogens (tertiary/aromatic N) is 10. The monoisotopic (exact) mass is 714 g/mol. The quantitative estimate of drug-likeness (QED) is 0.0391. The van der Waals surface area contributed by atoms with Gasteiger partial charge in [-0.2, -0.15) is 19.6 Å². The zero-order valence-electron chi connectivity index (χ0n) is 27.6. The van der Waals surface area contributed by atoms with Gasteiger partial charge in [-0.25, -0.2) is 0 Å². The molecule has 0 spiro atoms. The number of para-hydroxylation sites is 2. The molecule has 4 heterocycles. The highest BCUT2D eigenvalue weighted by Crippen LogP contribution is 2.28. The Morgan fingerprint density at radius 2 is 1.08 bits per heavy atom. The molecule has 4 aromatic heterocycles. The van der Waals surface area contributed by atoms with Crippen molar-refractivity contribution in [3.8, 4) is 34.3 Å². The minimum atomic E-state index is 0.393. The molecule has 0 N–H and O–H groups in total. The Kier molecular flexibility index (Phi) is 12.5. The first kappa shape index (κ1) is 35.0. The second-order valence-electron chi connectivity index (χ2n) is 10.5. The Bertz CT molecular complexity index is 1950. The summed E-state index contributed by atoms with van der Waals surface area (Å²) in [6.45, 7) is 8.27. The number of hydrogen-bond donors (Lipinski definition) is 0. The molecule has 6 rings (SSSR count). The molecule has 0 saturated carbocycles. The van der Waals surface area contributed by atoms with Gasteiger partial charge in [0.1, 0.15) is 24.7 Å². The third kappa shape index (κ3) is 9.23. The van der Waals surface area contributed by atoms with E-state index in [1.54, 1.807) is 82.2 Å². The summed E-state index contributed by atoms with van der Waals surface area (Å²) in [7, 11) is 0. The van der Waals surface area contributed by atoms with Crippen LogP contribution in [0.2, 0.25) is 0 Å². The minimum absolute atomic E-state index is 0.393. The molecular weight excluding hydrogens is 681 g/mol. The van der Waals surface area contributed by atoms with Crippen LogP contribution in [-0.2, 0) is 0 Å². The number of rotatable bonds is 18. The van der Waals surface area contributed by atoms with Crippen molar-refractivity contribution in [2.45, 2.75) is 16.7 Å². The smallest absolute Gasteiger partial charge is 0.212 e. The lowest BCUT2D eigenvalue weighted by Crippen LogP contribution is -2.01. The molecule has 0 atom stereocenters. The van der Waals surface area contributed by atoms with Crippen LogP contribution in [0.25, 0.3) is 22.8 Å². The van der Waals surface area contributed by atoms with Crippen molar-refractivity contribution in [1.29, 1.82) is 0 Å². The Morgan fingerprint density at radius 1 is 0.608 bits per heavy atom. The molecule has 0 bridgehead atoms. The summed E-state index contributed by atoms with van der Waals surface area (Å²) in [5.74, 6) is 4.11. The number of thioether (sulfide) groups is 2. The predicted molar refractivity (Wildman–Crippen MR) is 203 cm³/mol. The maximum absolute atomic E-state index is 5.82. The minimum Gasteiger partial charge on any atom is -0.489 e. The van der Waals surface area contributed by atoms with Gasteiger partial charge in [-0.3, -0.25) is 9.97 Å². The van der Waals surface area contributed by atoms with Crippen LogP contribution in [-0.4, -0.2) is 76.9 Å². The van der Waals surface area contributed by atoms with E-state index in [0.717, 1.165) is 40.2 Å². The second-order valence-corrected chi connectivity index (χ2v) is 12.7. The topological polar surface area (TPSA) is 130 Å². The first-order valence-corrected chi connectivity index (χ1v) is 17.9. The van der Waals surface area contributed by atoms with Crippen LogP contribution in [0, 0.1) is 0 Å². The summed E-state index contributed by atoms with van der Waals surface area (Å²) in [6.07, 6.45) is 14.7. The highest BCUT2D eigenvalue weighted by atomic mass is 32.2. The van der Waals surface area contributed by atoms with E-state index in [0.29, 0.717) is 46.7 Å². The van der Waals surface area contributed by atoms with Gasteiger partial charge in [-0.1, -0.05) is 73.1 Å². The summed E-state index contributed by atoms with van der Waals surface area (Å²) in [4.78, 5) is 8.52. The van der Waals surface area contributed by atoms with E-state index >= 15 is 0 Å². The van der Waals surface area contributed by atoms with Crippen molar-refractivity contribution in [3.05, 3.63) is 134 Å². The van der Waals surface area contributed by atoms with Crippen molar-refractivity contribution < 1.29 is 9.47 Å². The number of hydrogen-bond acceptors (Lipinski definition) is 12. The Hall–Kier alpha value is -5.86. The predicted octanol–water partition coefficient (Wildman–Crippen LogP) is 7.16. The van der Waals surface area contributed by atoms with Crippen LogP contribution in [0.4, 0.5) is 0 Å². The van der Waals surface area contributed by atoms with E-state index in [1.165, 1.54) is 0 Å². The lowest BCUT2D eigenvalue weighted by molar-refractivity contribution is 0.362. The molecule has 2 aromatic carbocycles. The molecule has 51 heavy (non-hydrogen) atoms. The fourth-order valence-corrected chi connectivity index (χ4v) is 6.46. The summed E-state index contributed by atoms with van der Waals surface area (Å²) in [6, 6.07) is 23.0. The average Bonchev–Trinajstić information content (AvgIpc) is 3.79. The van der Waals surface area contributed by atoms with Crippen LogP contribution < -0.4 is 9.47 Å². The normalized spacial score (nSPS) is 11.3. The fourth-order valence-electron chi connectivity index (χ4n) is 4.63. The molecule has 0 saturated heterocycles. The van der Waals surface area contributed by atoms with Crippen LogP contribution in [0.3, 0.4) is 0 Å². The zero-order chi connectivity index (χ0) is 35.1. The summed E-state index contributed by atoms with van der Waals surface area (Å²) < 4.78 is 15.1. The Morgan fingerprint density at radius 3 is 1.51 bits per heavy atom. The molecule has 0 aliphatic heterocycles. The molecule has 0 unspecified atom stereocenters. The molecule has 6 aromatic rings. The summed E-state index contributed by atoms with van der Waals surface area (Å²) >= 11 is 3.14. The standard InChI is InChI=1S/C37H34N10O2S2/c1-3-20-48-32-16-7-5-12-28(32)26-40-46-34(30-14-9-18-38-24-30)42-44-36(46)50-22-11-23-51-37-45-43-35(31-15-10-19-39-25-31)47(37)41-27-29-13-6-8-17-33(29)49-21-4-2/h3-10,12-19,24-27H,1-2,11,20-23H2/b40-26-,41-27-. The van der Waals surface area contributed by atoms with Crippen LogP contribution in [0.1, 0.15) is 17.5 Å². The number of pyridine rings is 2. The highest BCUT2D eigenvalue weighted by Gasteiger charge is 2.17. The van der Waals surface area contributed by atoms with Gasteiger partial charge in [0.2, 0.25) is 10.3 Å². The van der Waals surface area contributed by atoms with Crippen molar-refractivity contribution >= 4 is 36.0 Å². The van der Waals surface area contributed by atoms with Crippen LogP contribution in [0.15, 0.2) is 143 Å². The first-order valence-electron chi connectivity index (χ1n) is 16.0. The van der Waals surface area contributed by atoms with Gasteiger partial charge in [0.15, 0.2) is 11.6 Å². The third-order valence-corrected chi connectivity index (χ3v) is 9.00. The van der Waals surface area contributed by atoms with Gasteiger partial charge in [0, 0.05) is 58.5 Å². The van der Waals surface area contributed by atoms with E-state index in [4.69, 9.17) is 19.7 Å². The molecular formula is C37H34N10O2S2.